The van der Waals surface area contributed by atoms with Crippen molar-refractivity contribution in [3.05, 3.63) is 54.4 Å². The summed E-state index contributed by atoms with van der Waals surface area (Å²) in [6.45, 7) is 2.09. The highest BCUT2D eigenvalue weighted by Gasteiger charge is 2.25. The second kappa shape index (κ2) is 7.12. The van der Waals surface area contributed by atoms with Gasteiger partial charge in [-0.3, -0.25) is 4.57 Å². The van der Waals surface area contributed by atoms with E-state index in [1.807, 2.05) is 6.07 Å². The highest BCUT2D eigenvalue weighted by Crippen LogP contribution is 2.27. The lowest BCUT2D eigenvalue weighted by Gasteiger charge is -2.27. The van der Waals surface area contributed by atoms with Gasteiger partial charge in [-0.15, -0.1) is 10.2 Å². The fraction of sp³-hybridized carbons (Fsp3) is 0.211. The van der Waals surface area contributed by atoms with Gasteiger partial charge in [-0.2, -0.15) is 10.2 Å². The number of benzene rings is 1. The van der Waals surface area contributed by atoms with Crippen LogP contribution >= 0.6 is 0 Å². The van der Waals surface area contributed by atoms with Crippen molar-refractivity contribution in [1.82, 2.24) is 34.9 Å². The van der Waals surface area contributed by atoms with E-state index in [1.54, 1.807) is 30.6 Å². The molecule has 4 aromatic rings. The lowest BCUT2D eigenvalue weighted by atomic mass is 10.1. The molecular weight excluding hydrogens is 370 g/mol. The molecule has 1 aromatic carbocycles. The Balaban J connectivity index is 1.40. The molecule has 0 unspecified atom stereocenters. The van der Waals surface area contributed by atoms with E-state index < -0.39 is 0 Å². The third kappa shape index (κ3) is 3.19. The van der Waals surface area contributed by atoms with Gasteiger partial charge in [0.1, 0.15) is 6.33 Å². The number of hydrogen-bond acceptors (Lipinski definition) is 9. The van der Waals surface area contributed by atoms with Crippen LogP contribution in [0.4, 0.5) is 5.95 Å². The third-order valence-corrected chi connectivity index (χ3v) is 4.68. The molecule has 0 saturated carbocycles. The Hall–Kier alpha value is -4.13. The first-order valence-electron chi connectivity index (χ1n) is 9.08. The standard InChI is InChI=1S/C19H15N9O/c20-8-13-3-1-4-14(7-13)18-23-16(26-29-18)11-27-5-2-6-28-17(24-25-19(27)28)15-9-21-12-22-10-15/h1,3-4,7,9-10,12H,2,5-6,11H2. The van der Waals surface area contributed by atoms with Crippen LogP contribution in [0.5, 0.6) is 0 Å². The van der Waals surface area contributed by atoms with Gasteiger partial charge in [0, 0.05) is 31.0 Å². The average molecular weight is 385 g/mol. The third-order valence-electron chi connectivity index (χ3n) is 4.68. The number of rotatable bonds is 4. The summed E-state index contributed by atoms with van der Waals surface area (Å²) in [6.07, 6.45) is 5.89. The predicted octanol–water partition coefficient (Wildman–Crippen LogP) is 2.07. The molecule has 0 amide bonds. The fourth-order valence-electron chi connectivity index (χ4n) is 3.36. The molecule has 0 radical (unpaired) electrons. The maximum Gasteiger partial charge on any atom is 0.258 e. The highest BCUT2D eigenvalue weighted by atomic mass is 16.5. The summed E-state index contributed by atoms with van der Waals surface area (Å²) in [6, 6.07) is 9.20. The smallest absolute Gasteiger partial charge is 0.258 e. The van der Waals surface area contributed by atoms with Crippen molar-refractivity contribution < 1.29 is 4.52 Å². The van der Waals surface area contributed by atoms with E-state index in [2.05, 4.69) is 45.8 Å². The van der Waals surface area contributed by atoms with Crippen molar-refractivity contribution in [1.29, 1.82) is 5.26 Å². The van der Waals surface area contributed by atoms with Crippen LogP contribution < -0.4 is 4.90 Å². The van der Waals surface area contributed by atoms with Crippen molar-refractivity contribution >= 4 is 5.95 Å². The van der Waals surface area contributed by atoms with E-state index in [1.165, 1.54) is 6.33 Å². The van der Waals surface area contributed by atoms with E-state index in [0.29, 0.717) is 23.8 Å². The Morgan fingerprint density at radius 3 is 2.86 bits per heavy atom. The molecule has 0 N–H and O–H groups in total. The van der Waals surface area contributed by atoms with E-state index in [9.17, 15) is 0 Å². The summed E-state index contributed by atoms with van der Waals surface area (Å²) in [7, 11) is 0. The van der Waals surface area contributed by atoms with Gasteiger partial charge in [0.15, 0.2) is 11.6 Å². The second-order valence-electron chi connectivity index (χ2n) is 6.59. The molecule has 0 aliphatic carbocycles. The maximum atomic E-state index is 9.06. The zero-order valence-electron chi connectivity index (χ0n) is 15.3. The Labute approximate surface area is 165 Å². The van der Waals surface area contributed by atoms with E-state index in [-0.39, 0.29) is 0 Å². The number of fused-ring (bicyclic) bond motifs is 1. The van der Waals surface area contributed by atoms with Crippen molar-refractivity contribution in [3.63, 3.8) is 0 Å². The van der Waals surface area contributed by atoms with E-state index >= 15 is 0 Å². The van der Waals surface area contributed by atoms with Gasteiger partial charge >= 0.3 is 0 Å². The summed E-state index contributed by atoms with van der Waals surface area (Å²) >= 11 is 0. The van der Waals surface area contributed by atoms with E-state index in [0.717, 1.165) is 42.4 Å². The summed E-state index contributed by atoms with van der Waals surface area (Å²) < 4.78 is 7.45. The zero-order chi connectivity index (χ0) is 19.6. The Morgan fingerprint density at radius 1 is 1.10 bits per heavy atom. The van der Waals surface area contributed by atoms with Crippen LogP contribution in [0, 0.1) is 11.3 Å². The average Bonchev–Trinajstić information content (AvgIpc) is 3.42. The van der Waals surface area contributed by atoms with Crippen LogP contribution in [0.1, 0.15) is 17.8 Å². The lowest BCUT2D eigenvalue weighted by molar-refractivity contribution is 0.420. The molecule has 5 rings (SSSR count). The van der Waals surface area contributed by atoms with Gasteiger partial charge in [-0.05, 0) is 24.6 Å². The molecule has 0 saturated heterocycles. The first kappa shape index (κ1) is 17.0. The first-order chi connectivity index (χ1) is 14.3. The number of hydrogen-bond donors (Lipinski definition) is 0. The molecule has 0 fully saturated rings. The van der Waals surface area contributed by atoms with Gasteiger partial charge in [0.25, 0.3) is 5.89 Å². The van der Waals surface area contributed by atoms with Crippen LogP contribution in [0.25, 0.3) is 22.8 Å². The molecular formula is C19H15N9O. The SMILES string of the molecule is N#Cc1cccc(-c2nc(CN3CCCn4c(-c5cncnc5)nnc43)no2)c1. The van der Waals surface area contributed by atoms with Gasteiger partial charge < -0.3 is 9.42 Å². The van der Waals surface area contributed by atoms with Crippen LogP contribution in [0.2, 0.25) is 0 Å². The minimum Gasteiger partial charge on any atom is -0.334 e. The Kier molecular flexibility index (Phi) is 4.18. The van der Waals surface area contributed by atoms with Crippen LogP contribution in [-0.4, -0.2) is 41.4 Å². The Morgan fingerprint density at radius 2 is 2.00 bits per heavy atom. The van der Waals surface area contributed by atoms with E-state index in [4.69, 9.17) is 9.78 Å². The minimum absolute atomic E-state index is 0.387. The number of nitriles is 1. The first-order valence-corrected chi connectivity index (χ1v) is 9.08. The van der Waals surface area contributed by atoms with Crippen molar-refractivity contribution in [2.75, 3.05) is 11.4 Å². The molecule has 4 heterocycles. The molecule has 1 aliphatic rings. The molecule has 10 nitrogen and oxygen atoms in total. The molecule has 0 atom stereocenters. The zero-order valence-corrected chi connectivity index (χ0v) is 15.3. The summed E-state index contributed by atoms with van der Waals surface area (Å²) in [4.78, 5) is 14.7. The van der Waals surface area contributed by atoms with Crippen LogP contribution in [0.3, 0.4) is 0 Å². The fourth-order valence-corrected chi connectivity index (χ4v) is 3.36. The largest absolute Gasteiger partial charge is 0.334 e. The summed E-state index contributed by atoms with van der Waals surface area (Å²) in [5, 5.41) is 21.8. The van der Waals surface area contributed by atoms with Crippen molar-refractivity contribution in [2.24, 2.45) is 0 Å². The maximum absolute atomic E-state index is 9.06. The van der Waals surface area contributed by atoms with Gasteiger partial charge in [-0.1, -0.05) is 11.2 Å². The molecule has 29 heavy (non-hydrogen) atoms. The van der Waals surface area contributed by atoms with Gasteiger partial charge in [0.05, 0.1) is 23.7 Å². The molecule has 0 bridgehead atoms. The Bertz CT molecular complexity index is 1190. The van der Waals surface area contributed by atoms with Gasteiger partial charge in [-0.25, -0.2) is 9.97 Å². The van der Waals surface area contributed by atoms with Crippen molar-refractivity contribution in [2.45, 2.75) is 19.5 Å². The number of anilines is 1. The quantitative estimate of drug-likeness (QED) is 0.519. The minimum atomic E-state index is 0.387. The molecule has 10 heteroatoms. The van der Waals surface area contributed by atoms with Gasteiger partial charge in [0.2, 0.25) is 5.95 Å². The lowest BCUT2D eigenvalue weighted by Crippen LogP contribution is -2.32. The monoisotopic (exact) mass is 385 g/mol. The normalized spacial score (nSPS) is 13.1. The molecule has 1 aliphatic heterocycles. The number of nitrogens with zero attached hydrogens (tertiary/aromatic N) is 9. The predicted molar refractivity (Wildman–Crippen MR) is 101 cm³/mol. The second-order valence-corrected chi connectivity index (χ2v) is 6.59. The highest BCUT2D eigenvalue weighted by molar-refractivity contribution is 5.57. The van der Waals surface area contributed by atoms with Crippen LogP contribution in [0.15, 0.2) is 47.5 Å². The van der Waals surface area contributed by atoms with Crippen LogP contribution in [-0.2, 0) is 13.1 Å². The topological polar surface area (TPSA) is 122 Å². The van der Waals surface area contributed by atoms with Crippen molar-refractivity contribution in [3.8, 4) is 28.9 Å². The number of aromatic nitrogens is 7. The molecule has 0 spiro atoms. The summed E-state index contributed by atoms with van der Waals surface area (Å²) in [5.41, 5.74) is 2.09. The summed E-state index contributed by atoms with van der Waals surface area (Å²) in [5.74, 6) is 2.43. The molecule has 142 valence electrons. The molecule has 3 aromatic heterocycles.